The molecule has 94 valence electrons. The van der Waals surface area contributed by atoms with Crippen LogP contribution in [0.15, 0.2) is 54.7 Å². The van der Waals surface area contributed by atoms with Crippen LogP contribution in [-0.2, 0) is 0 Å². The fraction of sp³-hybridized carbons (Fsp3) is 0. The van der Waals surface area contributed by atoms with Gasteiger partial charge in [0, 0.05) is 17.3 Å². The number of nitrogens with one attached hydrogen (secondary N) is 1. The molecule has 20 heavy (non-hydrogen) atoms. The fourth-order valence-electron chi connectivity index (χ4n) is 3.35. The van der Waals surface area contributed by atoms with Crippen molar-refractivity contribution in [1.82, 2.24) is 5.48 Å². The lowest BCUT2D eigenvalue weighted by molar-refractivity contribution is 0.240. The van der Waals surface area contributed by atoms with Crippen molar-refractivity contribution in [3.63, 3.8) is 0 Å². The molecular weight excluding hydrogens is 246 g/mol. The van der Waals surface area contributed by atoms with Gasteiger partial charge in [-0.25, -0.2) is 5.48 Å². The van der Waals surface area contributed by atoms with Gasteiger partial charge in [-0.1, -0.05) is 42.5 Å². The van der Waals surface area contributed by atoms with Crippen molar-refractivity contribution >= 4 is 16.8 Å². The summed E-state index contributed by atoms with van der Waals surface area (Å²) in [6.07, 6.45) is 3.93. The van der Waals surface area contributed by atoms with E-state index in [-0.39, 0.29) is 0 Å². The molecule has 0 unspecified atom stereocenters. The molecule has 0 radical (unpaired) electrons. The molecule has 3 aromatic carbocycles. The van der Waals surface area contributed by atoms with Crippen molar-refractivity contribution in [2.24, 2.45) is 0 Å². The highest BCUT2D eigenvalue weighted by Crippen LogP contribution is 2.51. The van der Waals surface area contributed by atoms with E-state index in [9.17, 15) is 0 Å². The first-order valence-corrected chi connectivity index (χ1v) is 6.72. The number of rotatable bonds is 0. The summed E-state index contributed by atoms with van der Waals surface area (Å²) in [5, 5.41) is 2.56. The van der Waals surface area contributed by atoms with Gasteiger partial charge in [-0.3, -0.25) is 0 Å². The van der Waals surface area contributed by atoms with Crippen molar-refractivity contribution < 1.29 is 4.84 Å². The third kappa shape index (κ3) is 1.09. The van der Waals surface area contributed by atoms with Gasteiger partial charge in [0.25, 0.3) is 0 Å². The predicted molar refractivity (Wildman–Crippen MR) is 81.2 cm³/mol. The van der Waals surface area contributed by atoms with Crippen LogP contribution in [0.1, 0.15) is 5.56 Å². The summed E-state index contributed by atoms with van der Waals surface area (Å²) in [5.41, 5.74) is 9.20. The van der Waals surface area contributed by atoms with Crippen molar-refractivity contribution in [2.45, 2.75) is 0 Å². The Morgan fingerprint density at radius 2 is 1.70 bits per heavy atom. The number of hydrogen-bond donors (Lipinski definition) is 1. The average Bonchev–Trinajstić information content (AvgIpc) is 2.85. The highest BCUT2D eigenvalue weighted by molar-refractivity contribution is 6.18. The lowest BCUT2D eigenvalue weighted by atomic mass is 9.96. The van der Waals surface area contributed by atoms with E-state index in [1.54, 1.807) is 0 Å². The molecule has 0 amide bonds. The summed E-state index contributed by atoms with van der Waals surface area (Å²) in [6, 6.07) is 17.2. The minimum Gasteiger partial charge on any atom is -0.382 e. The Hall–Kier alpha value is -2.74. The van der Waals surface area contributed by atoms with E-state index in [0.717, 1.165) is 11.3 Å². The van der Waals surface area contributed by atoms with Crippen LogP contribution >= 0.6 is 0 Å². The molecule has 0 fully saturated rings. The predicted octanol–water partition coefficient (Wildman–Crippen LogP) is 4.35. The molecule has 0 atom stereocenters. The third-order valence-electron chi connectivity index (χ3n) is 4.14. The first-order chi connectivity index (χ1) is 9.93. The van der Waals surface area contributed by atoms with Crippen LogP contribution in [0.3, 0.4) is 0 Å². The zero-order chi connectivity index (χ0) is 13.1. The molecule has 2 heteroatoms. The second-order valence-corrected chi connectivity index (χ2v) is 5.17. The van der Waals surface area contributed by atoms with E-state index in [4.69, 9.17) is 4.84 Å². The number of benzene rings is 3. The first-order valence-electron chi connectivity index (χ1n) is 6.72. The van der Waals surface area contributed by atoms with E-state index in [2.05, 4.69) is 60.1 Å². The smallest absolute Gasteiger partial charge is 0.163 e. The van der Waals surface area contributed by atoms with E-state index < -0.39 is 0 Å². The molecular formula is C18H11NO. The van der Waals surface area contributed by atoms with Crippen molar-refractivity contribution in [3.8, 4) is 28.0 Å². The second-order valence-electron chi connectivity index (χ2n) is 5.17. The standard InChI is InChI=1S/C18H11NO/c1-2-6-14-12(5-1)13-7-3-4-11-10-16-15(8-9-19-20-16)18(14)17(11)13/h1-10,19H. The van der Waals surface area contributed by atoms with E-state index in [1.807, 2.05) is 6.20 Å². The summed E-state index contributed by atoms with van der Waals surface area (Å²) >= 11 is 0. The molecule has 0 saturated heterocycles. The van der Waals surface area contributed by atoms with Crippen molar-refractivity contribution in [1.29, 1.82) is 0 Å². The van der Waals surface area contributed by atoms with Gasteiger partial charge in [-0.2, -0.15) is 0 Å². The highest BCUT2D eigenvalue weighted by Gasteiger charge is 2.26. The average molecular weight is 257 g/mol. The molecule has 0 bridgehead atoms. The quantitative estimate of drug-likeness (QED) is 0.505. The molecule has 5 rings (SSSR count). The minimum atomic E-state index is 0.892. The molecule has 2 nitrogen and oxygen atoms in total. The second kappa shape index (κ2) is 3.42. The summed E-state index contributed by atoms with van der Waals surface area (Å²) in [6.45, 7) is 0. The van der Waals surface area contributed by atoms with Crippen molar-refractivity contribution in [2.75, 3.05) is 0 Å². The molecule has 0 saturated carbocycles. The Labute approximate surface area is 116 Å². The van der Waals surface area contributed by atoms with Gasteiger partial charge in [-0.05, 0) is 39.6 Å². The van der Waals surface area contributed by atoms with Crippen LogP contribution in [0.25, 0.3) is 39.1 Å². The maximum absolute atomic E-state index is 5.58. The molecule has 0 aromatic heterocycles. The zero-order valence-electron chi connectivity index (χ0n) is 10.7. The molecule has 1 aliphatic heterocycles. The van der Waals surface area contributed by atoms with Crippen molar-refractivity contribution in [3.05, 3.63) is 60.3 Å². The lowest BCUT2D eigenvalue weighted by Gasteiger charge is -2.17. The summed E-state index contributed by atoms with van der Waals surface area (Å²) in [4.78, 5) is 5.58. The van der Waals surface area contributed by atoms with Gasteiger partial charge in [-0.15, -0.1) is 0 Å². The molecule has 1 aliphatic carbocycles. The minimum absolute atomic E-state index is 0.892. The van der Waals surface area contributed by atoms with E-state index in [1.165, 1.54) is 33.0 Å². The number of fused-ring (bicyclic) bond motifs is 5. The lowest BCUT2D eigenvalue weighted by Crippen LogP contribution is -2.14. The van der Waals surface area contributed by atoms with E-state index in [0.29, 0.717) is 0 Å². The molecule has 0 spiro atoms. The van der Waals surface area contributed by atoms with Gasteiger partial charge < -0.3 is 4.84 Å². The SMILES string of the molecule is C1=Cc2c(cc3cccc4c3c2-c2ccccc2-4)ON1. The van der Waals surface area contributed by atoms with Gasteiger partial charge >= 0.3 is 0 Å². The summed E-state index contributed by atoms with van der Waals surface area (Å²) in [5.74, 6) is 0.892. The van der Waals surface area contributed by atoms with Crippen LogP contribution in [0, 0.1) is 0 Å². The van der Waals surface area contributed by atoms with Gasteiger partial charge in [0.2, 0.25) is 0 Å². The Morgan fingerprint density at radius 1 is 0.850 bits per heavy atom. The monoisotopic (exact) mass is 257 g/mol. The summed E-state index contributed by atoms with van der Waals surface area (Å²) < 4.78 is 0. The van der Waals surface area contributed by atoms with Crippen LogP contribution in [0.4, 0.5) is 0 Å². The van der Waals surface area contributed by atoms with Gasteiger partial charge in [0.05, 0.1) is 0 Å². The number of hydrogen-bond acceptors (Lipinski definition) is 2. The molecule has 2 aliphatic rings. The first kappa shape index (κ1) is 10.1. The normalized spacial score (nSPS) is 13.6. The van der Waals surface area contributed by atoms with Gasteiger partial charge in [0.1, 0.15) is 0 Å². The Balaban J connectivity index is 2.06. The van der Waals surface area contributed by atoms with Gasteiger partial charge in [0.15, 0.2) is 5.75 Å². The Bertz CT molecular complexity index is 909. The maximum Gasteiger partial charge on any atom is 0.163 e. The molecule has 1 heterocycles. The van der Waals surface area contributed by atoms with E-state index >= 15 is 0 Å². The fourth-order valence-corrected chi connectivity index (χ4v) is 3.35. The van der Waals surface area contributed by atoms with Crippen LogP contribution < -0.4 is 10.3 Å². The topological polar surface area (TPSA) is 21.3 Å². The molecule has 1 N–H and O–H groups in total. The number of hydroxylamine groups is 1. The summed E-state index contributed by atoms with van der Waals surface area (Å²) in [7, 11) is 0. The Morgan fingerprint density at radius 3 is 2.65 bits per heavy atom. The van der Waals surface area contributed by atoms with Crippen LogP contribution in [0.2, 0.25) is 0 Å². The third-order valence-corrected chi connectivity index (χ3v) is 4.14. The Kier molecular flexibility index (Phi) is 1.73. The van der Waals surface area contributed by atoms with Crippen LogP contribution in [0.5, 0.6) is 5.75 Å². The molecule has 3 aromatic rings. The highest BCUT2D eigenvalue weighted by atomic mass is 16.6. The largest absolute Gasteiger partial charge is 0.382 e. The van der Waals surface area contributed by atoms with Crippen LogP contribution in [-0.4, -0.2) is 0 Å². The zero-order valence-corrected chi connectivity index (χ0v) is 10.7. The maximum atomic E-state index is 5.58.